The van der Waals surface area contributed by atoms with Gasteiger partial charge in [-0.2, -0.15) is 0 Å². The summed E-state index contributed by atoms with van der Waals surface area (Å²) in [4.78, 5) is 0. The van der Waals surface area contributed by atoms with Gasteiger partial charge >= 0.3 is 5.90 Å². The van der Waals surface area contributed by atoms with Gasteiger partial charge in [0.15, 0.2) is 0 Å². The van der Waals surface area contributed by atoms with E-state index in [1.165, 1.54) is 0 Å². The monoisotopic (exact) mass is 213 g/mol. The molecule has 0 rings (SSSR count). The van der Waals surface area contributed by atoms with Gasteiger partial charge in [0, 0.05) is 0 Å². The molecule has 0 saturated heterocycles. The van der Waals surface area contributed by atoms with E-state index in [0.717, 1.165) is 13.0 Å². The van der Waals surface area contributed by atoms with Crippen molar-refractivity contribution in [3.05, 3.63) is 0 Å². The van der Waals surface area contributed by atoms with E-state index < -0.39 is 10.4 Å². The summed E-state index contributed by atoms with van der Waals surface area (Å²) in [6.45, 7) is 1.92. The van der Waals surface area contributed by atoms with Crippen molar-refractivity contribution in [1.29, 1.82) is 0 Å². The third-order valence-corrected chi connectivity index (χ3v) is 1.54. The first-order chi connectivity index (χ1) is 5.74. The Morgan fingerprint density at radius 3 is 1.62 bits per heavy atom. The number of nitrogens with zero attached hydrogens (tertiary/aromatic N) is 1. The Hall–Kier alpha value is -0.660. The second-order valence-corrected chi connectivity index (χ2v) is 3.34. The summed E-state index contributed by atoms with van der Waals surface area (Å²) in [5.41, 5.74) is 0. The Kier molecular flexibility index (Phi) is 7.78. The van der Waals surface area contributed by atoms with Crippen LogP contribution in [0.3, 0.4) is 0 Å². The molecule has 0 fully saturated rings. The zero-order chi connectivity index (χ0) is 11.1. The van der Waals surface area contributed by atoms with E-state index in [1.54, 1.807) is 7.11 Å². The molecule has 0 aromatic heterocycles. The lowest BCUT2D eigenvalue weighted by atomic mass is 10.7. The first-order valence-corrected chi connectivity index (χ1v) is 4.64. The second-order valence-electron chi connectivity index (χ2n) is 2.19. The molecule has 7 heteroatoms. The fourth-order valence-corrected chi connectivity index (χ4v) is 0.183. The molecule has 0 atom stereocenters. The van der Waals surface area contributed by atoms with Crippen molar-refractivity contribution in [2.45, 2.75) is 6.92 Å². The SMILES string of the molecule is COC(C)=[N+](C)C.COS(=O)(=O)[O-]. The van der Waals surface area contributed by atoms with Crippen molar-refractivity contribution in [2.24, 2.45) is 0 Å². The highest BCUT2D eigenvalue weighted by Gasteiger charge is 1.92. The lowest BCUT2D eigenvalue weighted by Gasteiger charge is -1.98. The maximum Gasteiger partial charge on any atom is 0.332 e. The van der Waals surface area contributed by atoms with Gasteiger partial charge < -0.3 is 9.29 Å². The summed E-state index contributed by atoms with van der Waals surface area (Å²) >= 11 is 0. The van der Waals surface area contributed by atoms with Crippen LogP contribution in [-0.2, 0) is 19.3 Å². The number of hydrogen-bond acceptors (Lipinski definition) is 5. The fourth-order valence-electron chi connectivity index (χ4n) is 0.183. The van der Waals surface area contributed by atoms with Crippen LogP contribution in [0.5, 0.6) is 0 Å². The Bertz CT molecular complexity index is 252. The van der Waals surface area contributed by atoms with E-state index in [-0.39, 0.29) is 0 Å². The van der Waals surface area contributed by atoms with Crippen LogP contribution in [0, 0.1) is 0 Å². The van der Waals surface area contributed by atoms with Gasteiger partial charge in [-0.05, 0) is 0 Å². The molecule has 0 aliphatic rings. The highest BCUT2D eigenvalue weighted by atomic mass is 32.3. The summed E-state index contributed by atoms with van der Waals surface area (Å²) in [5.74, 6) is 0.931. The molecular weight excluding hydrogens is 198 g/mol. The minimum absolute atomic E-state index is 0.808. The molecule has 80 valence electrons. The second kappa shape index (κ2) is 6.81. The molecule has 0 aliphatic heterocycles. The molecule has 0 aromatic rings. The predicted octanol–water partition coefficient (Wildman–Crippen LogP) is -0.584. The van der Waals surface area contributed by atoms with Crippen molar-refractivity contribution >= 4 is 16.3 Å². The van der Waals surface area contributed by atoms with Gasteiger partial charge in [-0.15, -0.1) is 0 Å². The molecule has 0 radical (unpaired) electrons. The standard InChI is InChI=1S/C5H12NO.CH4O4S/c1-5(7-4)6(2)3;1-5-6(2,3)4/h1-4H3;1H3,(H,2,3,4)/q+1;/p-1. The molecular formula is C6H15NO5S. The minimum atomic E-state index is -4.41. The van der Waals surface area contributed by atoms with Gasteiger partial charge in [0.1, 0.15) is 14.1 Å². The van der Waals surface area contributed by atoms with Crippen LogP contribution in [0.25, 0.3) is 0 Å². The predicted molar refractivity (Wildman–Crippen MR) is 46.5 cm³/mol. The first-order valence-electron chi connectivity index (χ1n) is 3.31. The van der Waals surface area contributed by atoms with E-state index in [0.29, 0.717) is 0 Å². The molecule has 13 heavy (non-hydrogen) atoms. The van der Waals surface area contributed by atoms with E-state index in [9.17, 15) is 13.0 Å². The summed E-state index contributed by atoms with van der Waals surface area (Å²) in [5, 5.41) is 0. The molecule has 0 bridgehead atoms. The van der Waals surface area contributed by atoms with Gasteiger partial charge in [-0.25, -0.2) is 13.0 Å². The van der Waals surface area contributed by atoms with Gasteiger partial charge in [0.25, 0.3) is 0 Å². The van der Waals surface area contributed by atoms with Crippen LogP contribution in [0.2, 0.25) is 0 Å². The van der Waals surface area contributed by atoms with Gasteiger partial charge in [-0.1, -0.05) is 0 Å². The highest BCUT2D eigenvalue weighted by molar-refractivity contribution is 7.80. The molecule has 0 saturated carbocycles. The molecule has 0 amide bonds. The minimum Gasteiger partial charge on any atom is -0.726 e. The molecule has 6 nitrogen and oxygen atoms in total. The first kappa shape index (κ1) is 14.8. The lowest BCUT2D eigenvalue weighted by Crippen LogP contribution is -2.10. The van der Waals surface area contributed by atoms with Crippen LogP contribution < -0.4 is 0 Å². The van der Waals surface area contributed by atoms with E-state index in [1.807, 2.05) is 25.6 Å². The van der Waals surface area contributed by atoms with Crippen molar-refractivity contribution in [1.82, 2.24) is 0 Å². The van der Waals surface area contributed by atoms with Crippen LogP contribution >= 0.6 is 0 Å². The molecule has 0 heterocycles. The number of rotatable bonds is 1. The third kappa shape index (κ3) is 14.2. The fraction of sp³-hybridized carbons (Fsp3) is 0.833. The van der Waals surface area contributed by atoms with E-state index in [2.05, 4.69) is 4.18 Å². The number of hydrogen-bond donors (Lipinski definition) is 0. The van der Waals surface area contributed by atoms with Crippen molar-refractivity contribution < 1.29 is 26.5 Å². The molecule has 0 N–H and O–H groups in total. The quantitative estimate of drug-likeness (QED) is 0.191. The maximum atomic E-state index is 9.22. The zero-order valence-corrected chi connectivity index (χ0v) is 9.21. The van der Waals surface area contributed by atoms with E-state index >= 15 is 0 Å². The van der Waals surface area contributed by atoms with Gasteiger partial charge in [0.05, 0.1) is 21.1 Å². The van der Waals surface area contributed by atoms with Gasteiger partial charge in [0.2, 0.25) is 10.4 Å². The summed E-state index contributed by atoms with van der Waals surface area (Å²) in [6.07, 6.45) is 0. The highest BCUT2D eigenvalue weighted by Crippen LogP contribution is 1.74. The smallest absolute Gasteiger partial charge is 0.332 e. The van der Waals surface area contributed by atoms with Crippen LogP contribution in [0.15, 0.2) is 0 Å². The zero-order valence-electron chi connectivity index (χ0n) is 8.40. The molecule has 0 aliphatic carbocycles. The Morgan fingerprint density at radius 2 is 1.62 bits per heavy atom. The Labute approximate surface area is 78.7 Å². The number of ether oxygens (including phenoxy) is 1. The van der Waals surface area contributed by atoms with Crippen LogP contribution in [0.4, 0.5) is 0 Å². The van der Waals surface area contributed by atoms with Crippen LogP contribution in [0.1, 0.15) is 6.92 Å². The van der Waals surface area contributed by atoms with Crippen molar-refractivity contribution in [3.8, 4) is 0 Å². The average molecular weight is 213 g/mol. The van der Waals surface area contributed by atoms with Crippen molar-refractivity contribution in [3.63, 3.8) is 0 Å². The van der Waals surface area contributed by atoms with Crippen LogP contribution in [-0.4, -0.2) is 51.8 Å². The number of methoxy groups -OCH3 is 1. The molecule has 0 aromatic carbocycles. The summed E-state index contributed by atoms with van der Waals surface area (Å²) in [7, 11) is 1.94. The summed E-state index contributed by atoms with van der Waals surface area (Å²) < 4.78 is 37.8. The third-order valence-electron chi connectivity index (χ3n) is 1.13. The summed E-state index contributed by atoms with van der Waals surface area (Å²) in [6, 6.07) is 0. The Morgan fingerprint density at radius 1 is 1.31 bits per heavy atom. The van der Waals surface area contributed by atoms with Gasteiger partial charge in [-0.3, -0.25) is 4.18 Å². The topological polar surface area (TPSA) is 78.7 Å². The lowest BCUT2D eigenvalue weighted by molar-refractivity contribution is -0.474. The maximum absolute atomic E-state index is 9.22. The molecule has 0 unspecified atom stereocenters. The largest absolute Gasteiger partial charge is 0.726 e. The van der Waals surface area contributed by atoms with Crippen molar-refractivity contribution in [2.75, 3.05) is 28.3 Å². The van der Waals surface area contributed by atoms with E-state index in [4.69, 9.17) is 4.74 Å². The molecule has 0 spiro atoms. The Balaban J connectivity index is 0. The average Bonchev–Trinajstić information content (AvgIpc) is 2.02. The normalized spacial score (nSPS) is 9.69.